The fourth-order valence-corrected chi connectivity index (χ4v) is 2.24. The first-order chi connectivity index (χ1) is 7.58. The average molecular weight is 300 g/mol. The molecule has 0 atom stereocenters. The Hall–Kier alpha value is -0.800. The monoisotopic (exact) mass is 298 g/mol. The van der Waals surface area contributed by atoms with Crippen LogP contribution in [0.2, 0.25) is 5.15 Å². The standard InChI is InChI=1S/C12H12BrClN2/c1-8-9(2)15-16(12(8)14)7-10-4-3-5-11(13)6-10/h3-6H,7H2,1-2H3. The molecule has 0 N–H and O–H groups in total. The van der Waals surface area contributed by atoms with E-state index in [9.17, 15) is 0 Å². The van der Waals surface area contributed by atoms with Gasteiger partial charge in [-0.1, -0.05) is 39.7 Å². The van der Waals surface area contributed by atoms with Gasteiger partial charge in [-0.2, -0.15) is 5.10 Å². The van der Waals surface area contributed by atoms with Gasteiger partial charge in [0.05, 0.1) is 12.2 Å². The van der Waals surface area contributed by atoms with Crippen LogP contribution in [-0.4, -0.2) is 9.78 Å². The van der Waals surface area contributed by atoms with Crippen molar-refractivity contribution in [1.29, 1.82) is 0 Å². The van der Waals surface area contributed by atoms with Crippen LogP contribution in [0.3, 0.4) is 0 Å². The van der Waals surface area contributed by atoms with E-state index >= 15 is 0 Å². The highest BCUT2D eigenvalue weighted by Crippen LogP contribution is 2.20. The molecule has 84 valence electrons. The summed E-state index contributed by atoms with van der Waals surface area (Å²) in [5, 5.41) is 5.12. The van der Waals surface area contributed by atoms with Crippen LogP contribution in [0.5, 0.6) is 0 Å². The van der Waals surface area contributed by atoms with Crippen molar-refractivity contribution in [1.82, 2.24) is 9.78 Å². The van der Waals surface area contributed by atoms with E-state index in [1.165, 1.54) is 5.56 Å². The number of rotatable bonds is 2. The van der Waals surface area contributed by atoms with Crippen molar-refractivity contribution >= 4 is 27.5 Å². The normalized spacial score (nSPS) is 10.8. The van der Waals surface area contributed by atoms with Crippen molar-refractivity contribution in [2.24, 2.45) is 0 Å². The molecule has 0 aliphatic carbocycles. The van der Waals surface area contributed by atoms with E-state index in [-0.39, 0.29) is 0 Å². The summed E-state index contributed by atoms with van der Waals surface area (Å²) in [6, 6.07) is 8.15. The number of aryl methyl sites for hydroxylation is 1. The largest absolute Gasteiger partial charge is 0.249 e. The summed E-state index contributed by atoms with van der Waals surface area (Å²) in [5.74, 6) is 0. The van der Waals surface area contributed by atoms with E-state index in [0.717, 1.165) is 20.9 Å². The fourth-order valence-electron chi connectivity index (χ4n) is 1.56. The predicted octanol–water partition coefficient (Wildman–Crippen LogP) is 3.96. The van der Waals surface area contributed by atoms with E-state index < -0.39 is 0 Å². The Kier molecular flexibility index (Phi) is 3.36. The molecule has 2 aromatic rings. The lowest BCUT2D eigenvalue weighted by molar-refractivity contribution is 0.680. The van der Waals surface area contributed by atoms with Crippen LogP contribution < -0.4 is 0 Å². The molecule has 2 nitrogen and oxygen atoms in total. The van der Waals surface area contributed by atoms with E-state index in [1.807, 2.05) is 30.7 Å². The minimum absolute atomic E-state index is 0.701. The lowest BCUT2D eigenvalue weighted by Gasteiger charge is -2.04. The Balaban J connectivity index is 2.30. The van der Waals surface area contributed by atoms with E-state index in [2.05, 4.69) is 33.2 Å². The van der Waals surface area contributed by atoms with Gasteiger partial charge in [-0.25, -0.2) is 4.68 Å². The molecule has 1 aromatic heterocycles. The van der Waals surface area contributed by atoms with Gasteiger partial charge in [-0.3, -0.25) is 0 Å². The Morgan fingerprint density at radius 3 is 2.69 bits per heavy atom. The predicted molar refractivity (Wildman–Crippen MR) is 70.0 cm³/mol. The highest BCUT2D eigenvalue weighted by Gasteiger charge is 2.09. The molecule has 0 aliphatic heterocycles. The summed E-state index contributed by atoms with van der Waals surface area (Å²) in [5.41, 5.74) is 3.22. The lowest BCUT2D eigenvalue weighted by Crippen LogP contribution is -2.01. The number of benzene rings is 1. The number of aromatic nitrogens is 2. The summed E-state index contributed by atoms with van der Waals surface area (Å²) in [4.78, 5) is 0. The third-order valence-corrected chi connectivity index (χ3v) is 3.54. The van der Waals surface area contributed by atoms with Crippen LogP contribution >= 0.6 is 27.5 Å². The minimum Gasteiger partial charge on any atom is -0.249 e. The number of hydrogen-bond donors (Lipinski definition) is 0. The zero-order chi connectivity index (χ0) is 11.7. The van der Waals surface area contributed by atoms with Crippen molar-refractivity contribution < 1.29 is 0 Å². The molecule has 0 amide bonds. The summed E-state index contributed by atoms with van der Waals surface area (Å²) < 4.78 is 2.90. The van der Waals surface area contributed by atoms with Crippen molar-refractivity contribution in [2.75, 3.05) is 0 Å². The molecule has 2 rings (SSSR count). The van der Waals surface area contributed by atoms with Crippen molar-refractivity contribution in [3.05, 3.63) is 50.7 Å². The molecule has 0 radical (unpaired) electrons. The second-order valence-electron chi connectivity index (χ2n) is 3.79. The van der Waals surface area contributed by atoms with Gasteiger partial charge in [-0.05, 0) is 31.5 Å². The van der Waals surface area contributed by atoms with Gasteiger partial charge >= 0.3 is 0 Å². The third-order valence-electron chi connectivity index (χ3n) is 2.57. The molecule has 1 heterocycles. The summed E-state index contributed by atoms with van der Waals surface area (Å²) in [6.45, 7) is 4.66. The lowest BCUT2D eigenvalue weighted by atomic mass is 10.2. The first-order valence-corrected chi connectivity index (χ1v) is 6.19. The Morgan fingerprint density at radius 1 is 1.38 bits per heavy atom. The number of nitrogens with zero attached hydrogens (tertiary/aromatic N) is 2. The second kappa shape index (κ2) is 4.60. The maximum absolute atomic E-state index is 6.19. The molecular weight excluding hydrogens is 288 g/mol. The van der Waals surface area contributed by atoms with Gasteiger partial charge in [-0.15, -0.1) is 0 Å². The van der Waals surface area contributed by atoms with Crippen LogP contribution in [0, 0.1) is 13.8 Å². The molecule has 0 unspecified atom stereocenters. The molecule has 1 aromatic carbocycles. The Morgan fingerprint density at radius 2 is 2.12 bits per heavy atom. The second-order valence-corrected chi connectivity index (χ2v) is 5.06. The first-order valence-electron chi connectivity index (χ1n) is 5.02. The Bertz CT molecular complexity index is 520. The molecule has 0 fully saturated rings. The van der Waals surface area contributed by atoms with Gasteiger partial charge in [0, 0.05) is 10.0 Å². The van der Waals surface area contributed by atoms with Crippen molar-refractivity contribution in [2.45, 2.75) is 20.4 Å². The quantitative estimate of drug-likeness (QED) is 0.820. The average Bonchev–Trinajstić information content (AvgIpc) is 2.47. The molecule has 0 saturated carbocycles. The topological polar surface area (TPSA) is 17.8 Å². The van der Waals surface area contributed by atoms with Gasteiger partial charge in [0.1, 0.15) is 5.15 Å². The smallest absolute Gasteiger partial charge is 0.130 e. The molecule has 0 saturated heterocycles. The zero-order valence-corrected chi connectivity index (χ0v) is 11.5. The number of halogens is 2. The van der Waals surface area contributed by atoms with Crippen molar-refractivity contribution in [3.8, 4) is 0 Å². The maximum Gasteiger partial charge on any atom is 0.130 e. The van der Waals surface area contributed by atoms with E-state index in [0.29, 0.717) is 6.54 Å². The van der Waals surface area contributed by atoms with Crippen LogP contribution in [-0.2, 0) is 6.54 Å². The highest BCUT2D eigenvalue weighted by atomic mass is 79.9. The van der Waals surface area contributed by atoms with E-state index in [1.54, 1.807) is 0 Å². The van der Waals surface area contributed by atoms with Crippen molar-refractivity contribution in [3.63, 3.8) is 0 Å². The fraction of sp³-hybridized carbons (Fsp3) is 0.250. The minimum atomic E-state index is 0.701. The van der Waals surface area contributed by atoms with Gasteiger partial charge in [0.2, 0.25) is 0 Å². The summed E-state index contributed by atoms with van der Waals surface area (Å²) in [7, 11) is 0. The van der Waals surface area contributed by atoms with Crippen LogP contribution in [0.25, 0.3) is 0 Å². The molecule has 0 bridgehead atoms. The molecule has 16 heavy (non-hydrogen) atoms. The van der Waals surface area contributed by atoms with Gasteiger partial charge in [0.15, 0.2) is 0 Å². The molecule has 4 heteroatoms. The zero-order valence-electron chi connectivity index (χ0n) is 9.17. The van der Waals surface area contributed by atoms with Gasteiger partial charge in [0.25, 0.3) is 0 Å². The third kappa shape index (κ3) is 2.30. The molecule has 0 aliphatic rings. The summed E-state index contributed by atoms with van der Waals surface area (Å²) >= 11 is 9.64. The summed E-state index contributed by atoms with van der Waals surface area (Å²) in [6.07, 6.45) is 0. The number of hydrogen-bond acceptors (Lipinski definition) is 1. The molecule has 0 spiro atoms. The van der Waals surface area contributed by atoms with Crippen LogP contribution in [0.15, 0.2) is 28.7 Å². The Labute approximate surface area is 108 Å². The SMILES string of the molecule is Cc1nn(Cc2cccc(Br)c2)c(Cl)c1C. The maximum atomic E-state index is 6.19. The van der Waals surface area contributed by atoms with Gasteiger partial charge < -0.3 is 0 Å². The highest BCUT2D eigenvalue weighted by molar-refractivity contribution is 9.10. The van der Waals surface area contributed by atoms with Crippen LogP contribution in [0.1, 0.15) is 16.8 Å². The molecular formula is C12H12BrClN2. The van der Waals surface area contributed by atoms with E-state index in [4.69, 9.17) is 11.6 Å². The first kappa shape index (κ1) is 11.7. The van der Waals surface area contributed by atoms with Crippen LogP contribution in [0.4, 0.5) is 0 Å².